The molecule has 1 aromatic carbocycles. The summed E-state index contributed by atoms with van der Waals surface area (Å²) in [7, 11) is 0. The molecule has 0 unspecified atom stereocenters. The second-order valence-corrected chi connectivity index (χ2v) is 5.37. The number of rotatable bonds is 6. The molecule has 0 aliphatic rings. The molecule has 3 aromatic rings. The maximum Gasteiger partial charge on any atom is 0.573 e. The van der Waals surface area contributed by atoms with E-state index in [4.69, 9.17) is 4.52 Å². The van der Waals surface area contributed by atoms with Gasteiger partial charge in [-0.2, -0.15) is 4.98 Å². The third-order valence-corrected chi connectivity index (χ3v) is 3.32. The number of aryl methyl sites for hydroxylation is 1. The molecule has 0 spiro atoms. The number of pyridine rings is 1. The lowest BCUT2D eigenvalue weighted by molar-refractivity contribution is -0.274. The number of amides is 1. The average Bonchev–Trinajstić information content (AvgIpc) is 3.09. The molecule has 1 amide bonds. The Labute approximate surface area is 151 Å². The number of nitrogens with one attached hydrogen (secondary N) is 1. The van der Waals surface area contributed by atoms with Gasteiger partial charge < -0.3 is 14.6 Å². The first kappa shape index (κ1) is 18.4. The van der Waals surface area contributed by atoms with Crippen LogP contribution < -0.4 is 10.1 Å². The minimum absolute atomic E-state index is 0.0162. The summed E-state index contributed by atoms with van der Waals surface area (Å²) >= 11 is 0. The van der Waals surface area contributed by atoms with Crippen molar-refractivity contribution in [2.24, 2.45) is 0 Å². The number of nitrogens with zero attached hydrogens (tertiary/aromatic N) is 3. The molecule has 0 bridgehead atoms. The SMILES string of the molecule is O=C(CCc1nc(-c2ccncc2)no1)Nc1cccc(OC(F)(F)F)c1. The van der Waals surface area contributed by atoms with Crippen LogP contribution in [-0.2, 0) is 11.2 Å². The van der Waals surface area contributed by atoms with Gasteiger partial charge in [0.05, 0.1) is 0 Å². The molecule has 0 fully saturated rings. The summed E-state index contributed by atoms with van der Waals surface area (Å²) in [6.07, 6.45) is -1.41. The lowest BCUT2D eigenvalue weighted by Crippen LogP contribution is -2.17. The number of anilines is 1. The van der Waals surface area contributed by atoms with Gasteiger partial charge in [0.15, 0.2) is 0 Å². The topological polar surface area (TPSA) is 90.1 Å². The Balaban J connectivity index is 1.55. The van der Waals surface area contributed by atoms with Gasteiger partial charge in [0, 0.05) is 42.6 Å². The van der Waals surface area contributed by atoms with Crippen LogP contribution in [0.15, 0.2) is 53.3 Å². The summed E-state index contributed by atoms with van der Waals surface area (Å²) in [5.41, 5.74) is 0.913. The van der Waals surface area contributed by atoms with Crippen molar-refractivity contribution < 1.29 is 27.2 Å². The molecule has 0 saturated heterocycles. The molecule has 3 rings (SSSR count). The first-order valence-corrected chi connectivity index (χ1v) is 7.78. The predicted octanol–water partition coefficient (Wildman–Crippen LogP) is 3.60. The lowest BCUT2D eigenvalue weighted by atomic mass is 10.2. The number of carbonyl (C=O) groups is 1. The Morgan fingerprint density at radius 3 is 2.70 bits per heavy atom. The number of hydrogen-bond donors (Lipinski definition) is 1. The normalized spacial score (nSPS) is 11.2. The van der Waals surface area contributed by atoms with E-state index in [-0.39, 0.29) is 24.4 Å². The molecule has 140 valence electrons. The highest BCUT2D eigenvalue weighted by Crippen LogP contribution is 2.25. The summed E-state index contributed by atoms with van der Waals surface area (Å²) in [5.74, 6) is -0.182. The van der Waals surface area contributed by atoms with Crippen molar-refractivity contribution >= 4 is 11.6 Å². The third kappa shape index (κ3) is 5.53. The fourth-order valence-electron chi connectivity index (χ4n) is 2.19. The first-order valence-electron chi connectivity index (χ1n) is 7.78. The average molecular weight is 378 g/mol. The van der Waals surface area contributed by atoms with E-state index in [0.29, 0.717) is 5.82 Å². The zero-order valence-electron chi connectivity index (χ0n) is 13.7. The van der Waals surface area contributed by atoms with Crippen LogP contribution in [0, 0.1) is 0 Å². The number of alkyl halides is 3. The third-order valence-electron chi connectivity index (χ3n) is 3.32. The van der Waals surface area contributed by atoms with Crippen LogP contribution in [0.1, 0.15) is 12.3 Å². The Hall–Kier alpha value is -3.43. The molecule has 0 saturated carbocycles. The maximum absolute atomic E-state index is 12.2. The summed E-state index contributed by atoms with van der Waals surface area (Å²) in [5, 5.41) is 6.32. The van der Waals surface area contributed by atoms with Crippen molar-refractivity contribution in [3.8, 4) is 17.1 Å². The summed E-state index contributed by atoms with van der Waals surface area (Å²) < 4.78 is 45.6. The molecular weight excluding hydrogens is 365 g/mol. The van der Waals surface area contributed by atoms with Gasteiger partial charge in [-0.15, -0.1) is 13.2 Å². The molecule has 0 aliphatic carbocycles. The van der Waals surface area contributed by atoms with Crippen molar-refractivity contribution in [3.05, 3.63) is 54.7 Å². The monoisotopic (exact) mass is 378 g/mol. The molecule has 0 atom stereocenters. The van der Waals surface area contributed by atoms with Crippen LogP contribution >= 0.6 is 0 Å². The molecule has 2 aromatic heterocycles. The van der Waals surface area contributed by atoms with Gasteiger partial charge in [-0.1, -0.05) is 11.2 Å². The van der Waals surface area contributed by atoms with E-state index in [9.17, 15) is 18.0 Å². The molecule has 0 aliphatic heterocycles. The fraction of sp³-hybridized carbons (Fsp3) is 0.176. The molecule has 7 nitrogen and oxygen atoms in total. The Bertz CT molecular complexity index is 913. The molecule has 27 heavy (non-hydrogen) atoms. The highest BCUT2D eigenvalue weighted by atomic mass is 19.4. The number of hydrogen-bond acceptors (Lipinski definition) is 6. The van der Waals surface area contributed by atoms with Gasteiger partial charge in [-0.25, -0.2) is 0 Å². The molecular formula is C17H13F3N4O3. The number of halogens is 3. The van der Waals surface area contributed by atoms with E-state index in [2.05, 4.69) is 25.2 Å². The Kier molecular flexibility index (Phi) is 5.34. The van der Waals surface area contributed by atoms with E-state index < -0.39 is 18.0 Å². The van der Waals surface area contributed by atoms with Crippen molar-refractivity contribution in [1.29, 1.82) is 0 Å². The number of carbonyl (C=O) groups excluding carboxylic acids is 1. The van der Waals surface area contributed by atoms with E-state index in [1.807, 2.05) is 0 Å². The van der Waals surface area contributed by atoms with Crippen LogP contribution in [0.4, 0.5) is 18.9 Å². The highest BCUT2D eigenvalue weighted by Gasteiger charge is 2.31. The standard InChI is InChI=1S/C17H13F3N4O3/c18-17(19,20)26-13-3-1-2-12(10-13)22-14(25)4-5-15-23-16(24-27-15)11-6-8-21-9-7-11/h1-3,6-10H,4-5H2,(H,22,25). The first-order chi connectivity index (χ1) is 12.9. The van der Waals surface area contributed by atoms with Gasteiger partial charge in [-0.3, -0.25) is 9.78 Å². The highest BCUT2D eigenvalue weighted by molar-refractivity contribution is 5.90. The van der Waals surface area contributed by atoms with Gasteiger partial charge in [0.25, 0.3) is 0 Å². The number of aromatic nitrogens is 3. The van der Waals surface area contributed by atoms with Crippen LogP contribution in [0.25, 0.3) is 11.4 Å². The zero-order valence-corrected chi connectivity index (χ0v) is 13.7. The second-order valence-electron chi connectivity index (χ2n) is 5.37. The maximum atomic E-state index is 12.2. The molecule has 10 heteroatoms. The Morgan fingerprint density at radius 2 is 1.96 bits per heavy atom. The Morgan fingerprint density at radius 1 is 1.19 bits per heavy atom. The number of benzene rings is 1. The van der Waals surface area contributed by atoms with Gasteiger partial charge in [0.2, 0.25) is 17.6 Å². The van der Waals surface area contributed by atoms with Crippen molar-refractivity contribution in [2.45, 2.75) is 19.2 Å². The van der Waals surface area contributed by atoms with Crippen LogP contribution in [-0.4, -0.2) is 27.4 Å². The quantitative estimate of drug-likeness (QED) is 0.705. The van der Waals surface area contributed by atoms with Gasteiger partial charge in [-0.05, 0) is 24.3 Å². The predicted molar refractivity (Wildman–Crippen MR) is 87.6 cm³/mol. The smallest absolute Gasteiger partial charge is 0.406 e. The van der Waals surface area contributed by atoms with E-state index in [1.54, 1.807) is 24.5 Å². The fourth-order valence-corrected chi connectivity index (χ4v) is 2.19. The van der Waals surface area contributed by atoms with E-state index >= 15 is 0 Å². The zero-order chi connectivity index (χ0) is 19.3. The minimum Gasteiger partial charge on any atom is -0.406 e. The molecule has 2 heterocycles. The van der Waals surface area contributed by atoms with Crippen LogP contribution in [0.2, 0.25) is 0 Å². The van der Waals surface area contributed by atoms with E-state index in [1.165, 1.54) is 12.1 Å². The second kappa shape index (κ2) is 7.85. The van der Waals surface area contributed by atoms with Crippen LogP contribution in [0.5, 0.6) is 5.75 Å². The van der Waals surface area contributed by atoms with E-state index in [0.717, 1.165) is 17.7 Å². The van der Waals surface area contributed by atoms with Crippen molar-refractivity contribution in [2.75, 3.05) is 5.32 Å². The van der Waals surface area contributed by atoms with Gasteiger partial charge >= 0.3 is 6.36 Å². The number of ether oxygens (including phenoxy) is 1. The van der Waals surface area contributed by atoms with Crippen molar-refractivity contribution in [3.63, 3.8) is 0 Å². The van der Waals surface area contributed by atoms with Gasteiger partial charge in [0.1, 0.15) is 5.75 Å². The minimum atomic E-state index is -4.80. The van der Waals surface area contributed by atoms with Crippen LogP contribution in [0.3, 0.4) is 0 Å². The summed E-state index contributed by atoms with van der Waals surface area (Å²) in [6.45, 7) is 0. The molecule has 1 N–H and O–H groups in total. The largest absolute Gasteiger partial charge is 0.573 e. The molecule has 0 radical (unpaired) electrons. The van der Waals surface area contributed by atoms with Crippen molar-refractivity contribution in [1.82, 2.24) is 15.1 Å². The summed E-state index contributed by atoms with van der Waals surface area (Å²) in [4.78, 5) is 20.1. The lowest BCUT2D eigenvalue weighted by Gasteiger charge is -2.10. The summed E-state index contributed by atoms with van der Waals surface area (Å²) in [6, 6.07) is 8.46.